The fraction of sp³-hybridized carbons (Fsp3) is 0.353. The van der Waals surface area contributed by atoms with Crippen molar-refractivity contribution >= 4 is 45.4 Å². The number of thiazole rings is 1. The molecular formula is C17H18N4OS2. The molecule has 0 radical (unpaired) electrons. The molecular weight excluding hydrogens is 340 g/mol. The first-order chi connectivity index (χ1) is 11.8. The van der Waals surface area contributed by atoms with Crippen molar-refractivity contribution in [3.8, 4) is 0 Å². The van der Waals surface area contributed by atoms with Gasteiger partial charge in [-0.25, -0.2) is 4.98 Å². The van der Waals surface area contributed by atoms with Gasteiger partial charge < -0.3 is 4.98 Å². The van der Waals surface area contributed by atoms with E-state index in [4.69, 9.17) is 0 Å². The molecule has 0 unspecified atom stereocenters. The SMILES string of the molecule is O=C1/C(=C\c2ccc[nH]2)S/C(=N/c2nccs2)N1C1CCCCC1. The van der Waals surface area contributed by atoms with Gasteiger partial charge in [0.1, 0.15) is 0 Å². The van der Waals surface area contributed by atoms with E-state index in [1.165, 1.54) is 42.4 Å². The number of thioether (sulfide) groups is 1. The average molecular weight is 358 g/mol. The van der Waals surface area contributed by atoms with Crippen LogP contribution in [0.4, 0.5) is 5.13 Å². The molecule has 4 rings (SSSR count). The number of aromatic nitrogens is 2. The van der Waals surface area contributed by atoms with Crippen LogP contribution in [0.3, 0.4) is 0 Å². The molecule has 7 heteroatoms. The highest BCUT2D eigenvalue weighted by Gasteiger charge is 2.38. The van der Waals surface area contributed by atoms with Crippen LogP contribution < -0.4 is 0 Å². The van der Waals surface area contributed by atoms with E-state index in [0.717, 1.165) is 28.6 Å². The Morgan fingerprint density at radius 2 is 2.21 bits per heavy atom. The van der Waals surface area contributed by atoms with E-state index in [2.05, 4.69) is 15.0 Å². The molecule has 1 saturated carbocycles. The number of carbonyl (C=O) groups is 1. The highest BCUT2D eigenvalue weighted by Crippen LogP contribution is 2.38. The molecule has 0 bridgehead atoms. The number of amidine groups is 1. The summed E-state index contributed by atoms with van der Waals surface area (Å²) in [5, 5.41) is 3.37. The van der Waals surface area contributed by atoms with Crippen molar-refractivity contribution < 1.29 is 4.79 Å². The largest absolute Gasteiger partial charge is 0.362 e. The third kappa shape index (κ3) is 3.18. The molecule has 124 valence electrons. The normalized spacial score (nSPS) is 22.8. The van der Waals surface area contributed by atoms with Crippen molar-refractivity contribution in [2.45, 2.75) is 38.1 Å². The molecule has 0 spiro atoms. The number of amides is 1. The molecule has 1 N–H and O–H groups in total. The summed E-state index contributed by atoms with van der Waals surface area (Å²) in [4.78, 5) is 27.6. The lowest BCUT2D eigenvalue weighted by Gasteiger charge is -2.30. The van der Waals surface area contributed by atoms with Crippen molar-refractivity contribution in [2.24, 2.45) is 4.99 Å². The van der Waals surface area contributed by atoms with Crippen LogP contribution in [-0.4, -0.2) is 32.0 Å². The van der Waals surface area contributed by atoms with E-state index < -0.39 is 0 Å². The van der Waals surface area contributed by atoms with E-state index in [-0.39, 0.29) is 11.9 Å². The first kappa shape index (κ1) is 15.7. The Morgan fingerprint density at radius 1 is 1.33 bits per heavy atom. The lowest BCUT2D eigenvalue weighted by atomic mass is 9.94. The number of hydrogen-bond acceptors (Lipinski definition) is 5. The maximum atomic E-state index is 13.0. The van der Waals surface area contributed by atoms with Crippen LogP contribution >= 0.6 is 23.1 Å². The lowest BCUT2D eigenvalue weighted by molar-refractivity contribution is -0.124. The minimum atomic E-state index is 0.0665. The quantitative estimate of drug-likeness (QED) is 0.827. The summed E-state index contributed by atoms with van der Waals surface area (Å²) in [6.07, 6.45) is 11.2. The summed E-state index contributed by atoms with van der Waals surface area (Å²) < 4.78 is 0. The van der Waals surface area contributed by atoms with Crippen molar-refractivity contribution in [1.82, 2.24) is 14.9 Å². The van der Waals surface area contributed by atoms with Gasteiger partial charge in [0.25, 0.3) is 5.91 Å². The molecule has 5 nitrogen and oxygen atoms in total. The number of H-pyrrole nitrogens is 1. The molecule has 2 fully saturated rings. The molecule has 0 aromatic carbocycles. The van der Waals surface area contributed by atoms with Gasteiger partial charge in [0.15, 0.2) is 5.17 Å². The standard InChI is InChI=1S/C17H18N4OS2/c22-15-14(11-12-5-4-8-18-12)24-17(20-16-19-9-10-23-16)21(15)13-6-2-1-3-7-13/h4-5,8-11,13,18H,1-3,6-7H2/b14-11+,20-17+. The van der Waals surface area contributed by atoms with Gasteiger partial charge in [-0.05, 0) is 42.8 Å². The predicted molar refractivity (Wildman–Crippen MR) is 99.3 cm³/mol. The summed E-state index contributed by atoms with van der Waals surface area (Å²) in [7, 11) is 0. The summed E-state index contributed by atoms with van der Waals surface area (Å²) in [6.45, 7) is 0. The molecule has 1 aliphatic carbocycles. The molecule has 1 amide bonds. The van der Waals surface area contributed by atoms with E-state index in [0.29, 0.717) is 5.13 Å². The molecule has 2 aromatic rings. The molecule has 2 aromatic heterocycles. The fourth-order valence-corrected chi connectivity index (χ4v) is 4.75. The van der Waals surface area contributed by atoms with E-state index in [1.807, 2.05) is 34.7 Å². The Balaban J connectivity index is 1.68. The Morgan fingerprint density at radius 3 is 2.92 bits per heavy atom. The van der Waals surface area contributed by atoms with Gasteiger partial charge >= 0.3 is 0 Å². The van der Waals surface area contributed by atoms with Crippen molar-refractivity contribution in [2.75, 3.05) is 0 Å². The van der Waals surface area contributed by atoms with Crippen LogP contribution in [0.1, 0.15) is 37.8 Å². The van der Waals surface area contributed by atoms with Gasteiger partial charge in [0.2, 0.25) is 5.13 Å². The third-order valence-corrected chi connectivity index (χ3v) is 5.94. The highest BCUT2D eigenvalue weighted by molar-refractivity contribution is 8.18. The second-order valence-corrected chi connectivity index (χ2v) is 7.79. The second-order valence-electron chi connectivity index (χ2n) is 5.91. The maximum Gasteiger partial charge on any atom is 0.267 e. The van der Waals surface area contributed by atoms with Crippen LogP contribution in [0.2, 0.25) is 0 Å². The molecule has 2 aliphatic rings. The molecule has 3 heterocycles. The third-order valence-electron chi connectivity index (χ3n) is 4.30. The minimum absolute atomic E-state index is 0.0665. The zero-order valence-electron chi connectivity index (χ0n) is 13.1. The molecule has 0 atom stereocenters. The van der Waals surface area contributed by atoms with Gasteiger partial charge in [-0.3, -0.25) is 9.69 Å². The molecule has 1 aliphatic heterocycles. The van der Waals surface area contributed by atoms with Crippen molar-refractivity contribution in [1.29, 1.82) is 0 Å². The predicted octanol–water partition coefficient (Wildman–Crippen LogP) is 4.41. The Kier molecular flexibility index (Phi) is 4.53. The average Bonchev–Trinajstić information content (AvgIpc) is 3.33. The Labute approximate surface area is 148 Å². The van der Waals surface area contributed by atoms with Crippen LogP contribution in [0.5, 0.6) is 0 Å². The van der Waals surface area contributed by atoms with Crippen LogP contribution in [0.25, 0.3) is 6.08 Å². The van der Waals surface area contributed by atoms with E-state index >= 15 is 0 Å². The molecule has 1 saturated heterocycles. The number of nitrogens with zero attached hydrogens (tertiary/aromatic N) is 3. The number of nitrogens with one attached hydrogen (secondary N) is 1. The van der Waals surface area contributed by atoms with Gasteiger partial charge in [-0.1, -0.05) is 19.3 Å². The topological polar surface area (TPSA) is 61.4 Å². The molecule has 24 heavy (non-hydrogen) atoms. The number of rotatable bonds is 3. The first-order valence-electron chi connectivity index (χ1n) is 8.16. The zero-order valence-corrected chi connectivity index (χ0v) is 14.8. The first-order valence-corrected chi connectivity index (χ1v) is 9.85. The van der Waals surface area contributed by atoms with Crippen molar-refractivity contribution in [3.05, 3.63) is 40.5 Å². The van der Waals surface area contributed by atoms with E-state index in [9.17, 15) is 4.79 Å². The highest BCUT2D eigenvalue weighted by atomic mass is 32.2. The van der Waals surface area contributed by atoms with E-state index in [1.54, 1.807) is 6.20 Å². The van der Waals surface area contributed by atoms with Crippen LogP contribution in [0, 0.1) is 0 Å². The van der Waals surface area contributed by atoms with Crippen LogP contribution in [0.15, 0.2) is 39.8 Å². The summed E-state index contributed by atoms with van der Waals surface area (Å²) >= 11 is 2.94. The summed E-state index contributed by atoms with van der Waals surface area (Å²) in [5.74, 6) is 0.0665. The maximum absolute atomic E-state index is 13.0. The number of aromatic amines is 1. The van der Waals surface area contributed by atoms with Gasteiger partial charge in [-0.2, -0.15) is 4.99 Å². The van der Waals surface area contributed by atoms with Gasteiger partial charge in [0, 0.05) is 29.5 Å². The number of aliphatic imine (C=N–C) groups is 1. The van der Waals surface area contributed by atoms with Gasteiger partial charge in [0.05, 0.1) is 4.91 Å². The monoisotopic (exact) mass is 358 g/mol. The fourth-order valence-electron chi connectivity index (χ4n) is 3.15. The van der Waals surface area contributed by atoms with Gasteiger partial charge in [-0.15, -0.1) is 11.3 Å². The Bertz CT molecular complexity index is 759. The lowest BCUT2D eigenvalue weighted by Crippen LogP contribution is -2.40. The second kappa shape index (κ2) is 6.94. The zero-order chi connectivity index (χ0) is 16.4. The minimum Gasteiger partial charge on any atom is -0.362 e. The summed E-state index contributed by atoms with van der Waals surface area (Å²) in [6, 6.07) is 4.15. The summed E-state index contributed by atoms with van der Waals surface area (Å²) in [5.41, 5.74) is 0.935. The Hall–Kier alpha value is -1.86. The van der Waals surface area contributed by atoms with Crippen molar-refractivity contribution in [3.63, 3.8) is 0 Å². The smallest absolute Gasteiger partial charge is 0.267 e. The van der Waals surface area contributed by atoms with Crippen LogP contribution in [-0.2, 0) is 4.79 Å². The number of carbonyl (C=O) groups excluding carboxylic acids is 1. The number of hydrogen-bond donors (Lipinski definition) is 1.